The quantitative estimate of drug-likeness (QED) is 0.351. The molecule has 0 spiro atoms. The highest BCUT2D eigenvalue weighted by Gasteiger charge is 2.36. The summed E-state index contributed by atoms with van der Waals surface area (Å²) in [7, 11) is 0. The van der Waals surface area contributed by atoms with Gasteiger partial charge in [-0.2, -0.15) is 26.3 Å². The standard InChI is InChI=1S/C27H23F6N5O2/c28-26(29,30)19-5-3-16(4-6-19)21-22(17-7-14-38(15-8-17)25(39)40)36-23(35-21)18-9-12-37(13-10-18)24-20(27(31,32)33)2-1-11-34-24/h1-7,9,11H,8,10,12-15H2,(H,35,36)(H,39,40). The first-order valence-electron chi connectivity index (χ1n) is 12.3. The van der Waals surface area contributed by atoms with Crippen molar-refractivity contribution in [3.05, 3.63) is 77.4 Å². The summed E-state index contributed by atoms with van der Waals surface area (Å²) >= 11 is 0. The van der Waals surface area contributed by atoms with Crippen molar-refractivity contribution in [2.24, 2.45) is 0 Å². The summed E-state index contributed by atoms with van der Waals surface area (Å²) in [6.07, 6.45) is -4.59. The summed E-state index contributed by atoms with van der Waals surface area (Å²) in [6.45, 7) is 0.783. The second kappa shape index (κ2) is 10.4. The van der Waals surface area contributed by atoms with E-state index in [2.05, 4.69) is 15.0 Å². The molecule has 0 unspecified atom stereocenters. The molecule has 3 aromatic rings. The van der Waals surface area contributed by atoms with Crippen LogP contribution < -0.4 is 4.90 Å². The fourth-order valence-corrected chi connectivity index (χ4v) is 4.80. The molecule has 2 N–H and O–H groups in total. The molecule has 0 atom stereocenters. The average molecular weight is 564 g/mol. The van der Waals surface area contributed by atoms with Crippen LogP contribution in [0, 0.1) is 0 Å². The van der Waals surface area contributed by atoms with Gasteiger partial charge in [-0.1, -0.05) is 24.3 Å². The summed E-state index contributed by atoms with van der Waals surface area (Å²) in [6, 6.07) is 6.82. The maximum Gasteiger partial charge on any atom is 0.419 e. The summed E-state index contributed by atoms with van der Waals surface area (Å²) < 4.78 is 79.8. The third kappa shape index (κ3) is 5.54. The van der Waals surface area contributed by atoms with Crippen LogP contribution in [-0.4, -0.2) is 57.2 Å². The predicted octanol–water partition coefficient (Wildman–Crippen LogP) is 6.57. The number of H-pyrrole nitrogens is 1. The van der Waals surface area contributed by atoms with Gasteiger partial charge in [-0.25, -0.2) is 14.8 Å². The van der Waals surface area contributed by atoms with Gasteiger partial charge in [-0.15, -0.1) is 0 Å². The molecular formula is C27H23F6N5O2. The summed E-state index contributed by atoms with van der Waals surface area (Å²) in [5.41, 5.74) is 1.30. The van der Waals surface area contributed by atoms with E-state index in [-0.39, 0.29) is 32.0 Å². The molecule has 0 saturated heterocycles. The number of nitrogens with one attached hydrogen (secondary N) is 1. The van der Waals surface area contributed by atoms with Crippen LogP contribution in [0.15, 0.2) is 54.7 Å². The first kappa shape index (κ1) is 27.3. The first-order valence-corrected chi connectivity index (χ1v) is 12.3. The van der Waals surface area contributed by atoms with Crippen molar-refractivity contribution in [1.82, 2.24) is 19.9 Å². The summed E-state index contributed by atoms with van der Waals surface area (Å²) in [5.74, 6) is 0.286. The molecule has 4 heterocycles. The SMILES string of the molecule is O=C(O)N1CC=C(c2[nH]c(C3=CCN(c4ncccc4C(F)(F)F)CC3)nc2-c2ccc(C(F)(F)F)cc2)CC1. The maximum absolute atomic E-state index is 13.5. The lowest BCUT2D eigenvalue weighted by atomic mass is 9.99. The van der Waals surface area contributed by atoms with Crippen LogP contribution in [0.25, 0.3) is 22.4 Å². The van der Waals surface area contributed by atoms with Gasteiger partial charge in [0.25, 0.3) is 0 Å². The number of amides is 1. The Balaban J connectivity index is 1.48. The van der Waals surface area contributed by atoms with Crippen LogP contribution in [0.2, 0.25) is 0 Å². The van der Waals surface area contributed by atoms with Crippen molar-refractivity contribution in [3.63, 3.8) is 0 Å². The molecule has 210 valence electrons. The first-order chi connectivity index (χ1) is 18.9. The summed E-state index contributed by atoms with van der Waals surface area (Å²) in [5, 5.41) is 9.27. The van der Waals surface area contributed by atoms with Gasteiger partial charge >= 0.3 is 18.4 Å². The Morgan fingerprint density at radius 2 is 1.60 bits per heavy atom. The molecule has 1 amide bonds. The number of carbonyl (C=O) groups is 1. The van der Waals surface area contributed by atoms with Gasteiger partial charge in [0.1, 0.15) is 11.6 Å². The molecule has 0 saturated carbocycles. The van der Waals surface area contributed by atoms with Crippen molar-refractivity contribution in [3.8, 4) is 11.3 Å². The number of alkyl halides is 6. The highest BCUT2D eigenvalue weighted by molar-refractivity contribution is 5.81. The zero-order valence-electron chi connectivity index (χ0n) is 20.9. The predicted molar refractivity (Wildman–Crippen MR) is 135 cm³/mol. The molecule has 2 aromatic heterocycles. The Morgan fingerprint density at radius 3 is 2.17 bits per heavy atom. The van der Waals surface area contributed by atoms with Gasteiger partial charge in [-0.3, -0.25) is 0 Å². The summed E-state index contributed by atoms with van der Waals surface area (Å²) in [4.78, 5) is 26.0. The van der Waals surface area contributed by atoms with E-state index in [4.69, 9.17) is 0 Å². The number of pyridine rings is 1. The Morgan fingerprint density at radius 1 is 0.900 bits per heavy atom. The molecule has 40 heavy (non-hydrogen) atoms. The van der Waals surface area contributed by atoms with Crippen LogP contribution in [0.4, 0.5) is 37.0 Å². The molecule has 0 radical (unpaired) electrons. The molecule has 13 heteroatoms. The Hall–Kier alpha value is -4.29. The Bertz CT molecular complexity index is 1470. The zero-order valence-corrected chi connectivity index (χ0v) is 20.9. The van der Waals surface area contributed by atoms with E-state index >= 15 is 0 Å². The number of aromatic amines is 1. The topological polar surface area (TPSA) is 85.4 Å². The van der Waals surface area contributed by atoms with Crippen LogP contribution >= 0.6 is 0 Å². The van der Waals surface area contributed by atoms with Crippen molar-refractivity contribution in [2.45, 2.75) is 25.2 Å². The number of aromatic nitrogens is 3. The number of halogens is 6. The van der Waals surface area contributed by atoms with E-state index in [1.807, 2.05) is 0 Å². The second-order valence-corrected chi connectivity index (χ2v) is 9.39. The molecule has 0 aliphatic carbocycles. The minimum atomic E-state index is -4.55. The number of hydrogen-bond acceptors (Lipinski definition) is 4. The van der Waals surface area contributed by atoms with Gasteiger partial charge in [0.2, 0.25) is 0 Å². The van der Waals surface area contributed by atoms with Gasteiger partial charge in [-0.05, 0) is 48.3 Å². The molecule has 1 aromatic carbocycles. The fraction of sp³-hybridized carbons (Fsp3) is 0.296. The molecule has 0 fully saturated rings. The van der Waals surface area contributed by atoms with E-state index < -0.39 is 29.6 Å². The second-order valence-electron chi connectivity index (χ2n) is 9.39. The molecule has 0 bridgehead atoms. The molecule has 7 nitrogen and oxygen atoms in total. The molecular weight excluding hydrogens is 540 g/mol. The lowest BCUT2D eigenvalue weighted by Gasteiger charge is -2.29. The number of imidazole rings is 1. The Kier molecular flexibility index (Phi) is 7.06. The largest absolute Gasteiger partial charge is 0.465 e. The van der Waals surface area contributed by atoms with Crippen molar-refractivity contribution >= 4 is 23.1 Å². The minimum Gasteiger partial charge on any atom is -0.465 e. The molecule has 2 aliphatic rings. The number of rotatable bonds is 4. The highest BCUT2D eigenvalue weighted by atomic mass is 19.4. The van der Waals surface area contributed by atoms with E-state index in [0.29, 0.717) is 35.6 Å². The van der Waals surface area contributed by atoms with Gasteiger partial charge in [0.05, 0.1) is 22.5 Å². The van der Waals surface area contributed by atoms with Crippen molar-refractivity contribution < 1.29 is 36.2 Å². The van der Waals surface area contributed by atoms with Gasteiger partial charge in [0, 0.05) is 37.9 Å². The molecule has 5 rings (SSSR count). The number of anilines is 1. The van der Waals surface area contributed by atoms with E-state index in [9.17, 15) is 36.2 Å². The third-order valence-corrected chi connectivity index (χ3v) is 6.90. The number of benzene rings is 1. The average Bonchev–Trinajstić information content (AvgIpc) is 3.38. The maximum atomic E-state index is 13.5. The lowest BCUT2D eigenvalue weighted by Crippen LogP contribution is -2.33. The fourth-order valence-electron chi connectivity index (χ4n) is 4.80. The number of carboxylic acid groups (broad SMARTS) is 1. The van der Waals surface area contributed by atoms with Gasteiger partial charge < -0.3 is 19.9 Å². The van der Waals surface area contributed by atoms with E-state index in [1.54, 1.807) is 12.2 Å². The lowest BCUT2D eigenvalue weighted by molar-refractivity contribution is -0.138. The van der Waals surface area contributed by atoms with E-state index in [1.165, 1.54) is 34.2 Å². The number of nitrogens with zero attached hydrogens (tertiary/aromatic N) is 4. The van der Waals surface area contributed by atoms with Crippen LogP contribution in [0.5, 0.6) is 0 Å². The minimum absolute atomic E-state index is 0.148. The Labute approximate surface area is 224 Å². The van der Waals surface area contributed by atoms with Gasteiger partial charge in [0.15, 0.2) is 0 Å². The third-order valence-electron chi connectivity index (χ3n) is 6.90. The van der Waals surface area contributed by atoms with Crippen LogP contribution in [0.3, 0.4) is 0 Å². The highest BCUT2D eigenvalue weighted by Crippen LogP contribution is 2.38. The van der Waals surface area contributed by atoms with Crippen LogP contribution in [-0.2, 0) is 12.4 Å². The van der Waals surface area contributed by atoms with E-state index in [0.717, 1.165) is 29.3 Å². The van der Waals surface area contributed by atoms with Crippen molar-refractivity contribution in [2.75, 3.05) is 31.1 Å². The number of hydrogen-bond donors (Lipinski definition) is 2. The molecule has 2 aliphatic heterocycles. The van der Waals surface area contributed by atoms with Crippen LogP contribution in [0.1, 0.15) is 35.5 Å². The smallest absolute Gasteiger partial charge is 0.419 e. The monoisotopic (exact) mass is 563 g/mol. The normalized spacial score (nSPS) is 16.6. The zero-order chi connectivity index (χ0) is 28.7. The van der Waals surface area contributed by atoms with Crippen molar-refractivity contribution in [1.29, 1.82) is 0 Å².